The molecule has 8 heteroatoms. The maximum atomic E-state index is 13.4. The standard InChI is InChI=1S/C11H9Cl2F2NO3/c1-19-11(18)7(13)4-16-10(17)5-2-9(15)6(12)3-8(5)14/h2-3,7H,4H2,1H3,(H,16,17). The van der Waals surface area contributed by atoms with Crippen molar-refractivity contribution in [3.8, 4) is 0 Å². The summed E-state index contributed by atoms with van der Waals surface area (Å²) >= 11 is 10.9. The molecular formula is C11H9Cl2F2NO3. The highest BCUT2D eigenvalue weighted by molar-refractivity contribution is 6.31. The van der Waals surface area contributed by atoms with Gasteiger partial charge in [-0.3, -0.25) is 9.59 Å². The van der Waals surface area contributed by atoms with Crippen LogP contribution in [0.3, 0.4) is 0 Å². The maximum Gasteiger partial charge on any atom is 0.325 e. The minimum Gasteiger partial charge on any atom is -0.468 e. The molecule has 1 atom stereocenters. The van der Waals surface area contributed by atoms with Crippen LogP contribution in [0.1, 0.15) is 10.4 Å². The first-order valence-corrected chi connectivity index (χ1v) is 5.83. The van der Waals surface area contributed by atoms with Crippen molar-refractivity contribution in [3.05, 3.63) is 34.4 Å². The number of carbonyl (C=O) groups excluding carboxylic acids is 2. The van der Waals surface area contributed by atoms with Gasteiger partial charge in [-0.25, -0.2) is 8.78 Å². The average molecular weight is 312 g/mol. The van der Waals surface area contributed by atoms with Gasteiger partial charge in [-0.15, -0.1) is 11.6 Å². The predicted molar refractivity (Wildman–Crippen MR) is 65.4 cm³/mol. The molecule has 0 heterocycles. The van der Waals surface area contributed by atoms with Crippen molar-refractivity contribution in [2.24, 2.45) is 0 Å². The Labute approximate surface area is 117 Å². The van der Waals surface area contributed by atoms with Crippen LogP contribution in [0.2, 0.25) is 5.02 Å². The second kappa shape index (κ2) is 6.68. The van der Waals surface area contributed by atoms with Gasteiger partial charge >= 0.3 is 5.97 Å². The third kappa shape index (κ3) is 4.04. The van der Waals surface area contributed by atoms with Crippen molar-refractivity contribution >= 4 is 35.1 Å². The molecule has 4 nitrogen and oxygen atoms in total. The molecule has 1 unspecified atom stereocenters. The number of nitrogens with one attached hydrogen (secondary N) is 1. The molecule has 0 bridgehead atoms. The predicted octanol–water partition coefficient (Wildman–Crippen LogP) is 2.13. The summed E-state index contributed by atoms with van der Waals surface area (Å²) < 4.78 is 30.9. The quantitative estimate of drug-likeness (QED) is 0.526. The lowest BCUT2D eigenvalue weighted by molar-refractivity contribution is -0.140. The zero-order chi connectivity index (χ0) is 14.6. The lowest BCUT2D eigenvalue weighted by Crippen LogP contribution is -2.34. The van der Waals surface area contributed by atoms with Gasteiger partial charge in [-0.2, -0.15) is 0 Å². The third-order valence-corrected chi connectivity index (χ3v) is 2.78. The molecule has 0 saturated carbocycles. The molecule has 1 N–H and O–H groups in total. The number of methoxy groups -OCH3 is 1. The van der Waals surface area contributed by atoms with Gasteiger partial charge in [0.25, 0.3) is 5.91 Å². The normalized spacial score (nSPS) is 11.8. The van der Waals surface area contributed by atoms with Crippen LogP contribution in [0.15, 0.2) is 12.1 Å². The number of carbonyl (C=O) groups is 2. The number of rotatable bonds is 4. The number of amides is 1. The summed E-state index contributed by atoms with van der Waals surface area (Å²) in [6, 6.07) is 1.35. The van der Waals surface area contributed by atoms with E-state index >= 15 is 0 Å². The fourth-order valence-corrected chi connectivity index (χ4v) is 1.50. The second-order valence-corrected chi connectivity index (χ2v) is 4.38. The highest BCUT2D eigenvalue weighted by atomic mass is 35.5. The lowest BCUT2D eigenvalue weighted by atomic mass is 10.2. The first-order chi connectivity index (χ1) is 8.86. The number of benzene rings is 1. The van der Waals surface area contributed by atoms with E-state index < -0.39 is 39.5 Å². The molecule has 0 aromatic heterocycles. The van der Waals surface area contributed by atoms with E-state index in [4.69, 9.17) is 23.2 Å². The van der Waals surface area contributed by atoms with Crippen LogP contribution in [0.4, 0.5) is 8.78 Å². The number of ether oxygens (including phenoxy) is 1. The summed E-state index contributed by atoms with van der Waals surface area (Å²) in [6.07, 6.45) is 0. The van der Waals surface area contributed by atoms with Crippen LogP contribution in [0.5, 0.6) is 0 Å². The molecule has 1 aromatic rings. The Morgan fingerprint density at radius 2 is 2.00 bits per heavy atom. The van der Waals surface area contributed by atoms with Crippen molar-refractivity contribution in [2.45, 2.75) is 5.38 Å². The highest BCUT2D eigenvalue weighted by Crippen LogP contribution is 2.19. The fraction of sp³-hybridized carbons (Fsp3) is 0.273. The van der Waals surface area contributed by atoms with E-state index in [0.717, 1.165) is 7.11 Å². The monoisotopic (exact) mass is 311 g/mol. The first-order valence-electron chi connectivity index (χ1n) is 5.01. The molecule has 0 spiro atoms. The first kappa shape index (κ1) is 15.7. The third-order valence-electron chi connectivity index (χ3n) is 2.15. The minimum absolute atomic E-state index is 0.281. The van der Waals surface area contributed by atoms with Crippen molar-refractivity contribution in [2.75, 3.05) is 13.7 Å². The van der Waals surface area contributed by atoms with Gasteiger partial charge in [0.1, 0.15) is 17.0 Å². The van der Waals surface area contributed by atoms with Gasteiger partial charge in [0, 0.05) is 6.54 Å². The summed E-state index contributed by atoms with van der Waals surface area (Å²) in [5, 5.41) is 0.632. The number of hydrogen-bond acceptors (Lipinski definition) is 3. The molecule has 0 radical (unpaired) electrons. The number of esters is 1. The van der Waals surface area contributed by atoms with Crippen LogP contribution >= 0.6 is 23.2 Å². The topological polar surface area (TPSA) is 55.4 Å². The van der Waals surface area contributed by atoms with Gasteiger partial charge in [-0.1, -0.05) is 11.6 Å². The largest absolute Gasteiger partial charge is 0.468 e. The van der Waals surface area contributed by atoms with Crippen molar-refractivity contribution < 1.29 is 23.1 Å². The van der Waals surface area contributed by atoms with Gasteiger partial charge in [0.15, 0.2) is 0 Å². The summed E-state index contributed by atoms with van der Waals surface area (Å²) in [6.45, 7) is -0.281. The van der Waals surface area contributed by atoms with Gasteiger partial charge in [-0.05, 0) is 12.1 Å². The van der Waals surface area contributed by atoms with Crippen LogP contribution < -0.4 is 5.32 Å². The highest BCUT2D eigenvalue weighted by Gasteiger charge is 2.19. The smallest absolute Gasteiger partial charge is 0.325 e. The Kier molecular flexibility index (Phi) is 5.50. The summed E-state index contributed by atoms with van der Waals surface area (Å²) in [7, 11) is 1.13. The van der Waals surface area contributed by atoms with Crippen molar-refractivity contribution in [3.63, 3.8) is 0 Å². The fourth-order valence-electron chi connectivity index (χ4n) is 1.19. The Morgan fingerprint density at radius 3 is 2.58 bits per heavy atom. The van der Waals surface area contributed by atoms with Gasteiger partial charge in [0.05, 0.1) is 17.7 Å². The molecule has 0 aliphatic heterocycles. The Bertz CT molecular complexity index is 511. The average Bonchev–Trinajstić information content (AvgIpc) is 2.38. The Balaban J connectivity index is 2.74. The van der Waals surface area contributed by atoms with E-state index in [0.29, 0.717) is 12.1 Å². The number of hydrogen-bond donors (Lipinski definition) is 1. The number of alkyl halides is 1. The Hall–Kier alpha value is -1.40. The molecule has 1 aromatic carbocycles. The van der Waals surface area contributed by atoms with E-state index in [9.17, 15) is 18.4 Å². The van der Waals surface area contributed by atoms with Crippen molar-refractivity contribution in [1.29, 1.82) is 0 Å². The summed E-state index contributed by atoms with van der Waals surface area (Å²) in [5.41, 5.74) is -0.532. The molecule has 1 amide bonds. The van der Waals surface area contributed by atoms with E-state index in [1.165, 1.54) is 0 Å². The molecule has 1 rings (SSSR count). The molecule has 19 heavy (non-hydrogen) atoms. The van der Waals surface area contributed by atoms with Crippen LogP contribution in [-0.4, -0.2) is 30.9 Å². The van der Waals surface area contributed by atoms with Gasteiger partial charge < -0.3 is 10.1 Å². The zero-order valence-corrected chi connectivity index (χ0v) is 11.2. The van der Waals surface area contributed by atoms with Crippen LogP contribution in [0, 0.1) is 11.6 Å². The minimum atomic E-state index is -1.12. The summed E-state index contributed by atoms with van der Waals surface area (Å²) in [4.78, 5) is 22.5. The molecule has 0 saturated heterocycles. The lowest BCUT2D eigenvalue weighted by Gasteiger charge is -2.09. The molecule has 104 valence electrons. The van der Waals surface area contributed by atoms with E-state index in [2.05, 4.69) is 10.1 Å². The maximum absolute atomic E-state index is 13.4. The number of halogens is 4. The van der Waals surface area contributed by atoms with Crippen LogP contribution in [0.25, 0.3) is 0 Å². The van der Waals surface area contributed by atoms with Crippen molar-refractivity contribution in [1.82, 2.24) is 5.32 Å². The SMILES string of the molecule is COC(=O)C(Cl)CNC(=O)c1cc(F)c(Cl)cc1F. The molecule has 0 aliphatic rings. The van der Waals surface area contributed by atoms with Crippen LogP contribution in [-0.2, 0) is 9.53 Å². The summed E-state index contributed by atoms with van der Waals surface area (Å²) in [5.74, 6) is -3.57. The molecule has 0 fully saturated rings. The second-order valence-electron chi connectivity index (χ2n) is 3.45. The zero-order valence-electron chi connectivity index (χ0n) is 9.68. The molecule has 0 aliphatic carbocycles. The van der Waals surface area contributed by atoms with E-state index in [1.54, 1.807) is 0 Å². The Morgan fingerprint density at radius 1 is 1.37 bits per heavy atom. The molecular weight excluding hydrogens is 303 g/mol. The van der Waals surface area contributed by atoms with E-state index in [-0.39, 0.29) is 6.54 Å². The van der Waals surface area contributed by atoms with E-state index in [1.807, 2.05) is 0 Å². The van der Waals surface area contributed by atoms with Gasteiger partial charge in [0.2, 0.25) is 0 Å².